The van der Waals surface area contributed by atoms with Crippen molar-refractivity contribution in [2.45, 2.75) is 25.4 Å². The second-order valence-corrected chi connectivity index (χ2v) is 5.33. The van der Waals surface area contributed by atoms with Crippen LogP contribution in [0.2, 0.25) is 0 Å². The summed E-state index contributed by atoms with van der Waals surface area (Å²) in [5, 5.41) is 18.5. The molecule has 20 heavy (non-hydrogen) atoms. The highest BCUT2D eigenvalue weighted by molar-refractivity contribution is 5.94. The molecule has 1 heterocycles. The molecule has 4 heteroatoms. The van der Waals surface area contributed by atoms with Gasteiger partial charge in [0.25, 0.3) is 5.91 Å². The Morgan fingerprint density at radius 3 is 2.65 bits per heavy atom. The van der Waals surface area contributed by atoms with E-state index in [-0.39, 0.29) is 12.5 Å². The van der Waals surface area contributed by atoms with Crippen LogP contribution in [0.5, 0.6) is 0 Å². The van der Waals surface area contributed by atoms with Gasteiger partial charge in [0.2, 0.25) is 0 Å². The molecule has 1 amide bonds. The highest BCUT2D eigenvalue weighted by Crippen LogP contribution is 2.22. The molecule has 1 aliphatic rings. The van der Waals surface area contributed by atoms with Gasteiger partial charge in [-0.1, -0.05) is 11.8 Å². The maximum absolute atomic E-state index is 12.3. The molecule has 0 saturated carbocycles. The van der Waals surface area contributed by atoms with Crippen LogP contribution in [0.15, 0.2) is 24.3 Å². The van der Waals surface area contributed by atoms with E-state index in [1.54, 1.807) is 36.1 Å². The lowest BCUT2D eigenvalue weighted by molar-refractivity contribution is 0.0572. The molecule has 1 aromatic carbocycles. The Bertz CT molecular complexity index is 537. The van der Waals surface area contributed by atoms with E-state index in [2.05, 4.69) is 11.8 Å². The van der Waals surface area contributed by atoms with Crippen LogP contribution >= 0.6 is 0 Å². The fourth-order valence-electron chi connectivity index (χ4n) is 2.22. The molecule has 0 spiro atoms. The summed E-state index contributed by atoms with van der Waals surface area (Å²) in [5.41, 5.74) is 0.657. The molecule has 0 radical (unpaired) electrons. The summed E-state index contributed by atoms with van der Waals surface area (Å²) >= 11 is 0. The standard InChI is InChI=1S/C16H19NO3/c1-16(20)9-10-17(12-16)15(19)14-7-5-13(6-8-14)4-2-3-11-18/h5-8,18,20H,3,9-12H2,1H3. The van der Waals surface area contributed by atoms with Gasteiger partial charge >= 0.3 is 0 Å². The number of aliphatic hydroxyl groups is 2. The maximum atomic E-state index is 12.3. The molecule has 2 rings (SSSR count). The minimum atomic E-state index is -0.772. The van der Waals surface area contributed by atoms with Gasteiger partial charge < -0.3 is 15.1 Å². The molecule has 0 aliphatic carbocycles. The average molecular weight is 273 g/mol. The summed E-state index contributed by atoms with van der Waals surface area (Å²) in [5.74, 6) is 5.70. The molecule has 0 aromatic heterocycles. The van der Waals surface area contributed by atoms with Crippen LogP contribution in [0, 0.1) is 11.8 Å². The van der Waals surface area contributed by atoms with Crippen molar-refractivity contribution < 1.29 is 15.0 Å². The van der Waals surface area contributed by atoms with Crippen LogP contribution in [0.1, 0.15) is 35.7 Å². The molecule has 1 aromatic rings. The number of nitrogens with zero attached hydrogens (tertiary/aromatic N) is 1. The summed E-state index contributed by atoms with van der Waals surface area (Å²) in [6.07, 6.45) is 1.06. The minimum Gasteiger partial charge on any atom is -0.395 e. The van der Waals surface area contributed by atoms with E-state index in [0.717, 1.165) is 5.56 Å². The summed E-state index contributed by atoms with van der Waals surface area (Å²) in [4.78, 5) is 13.9. The SMILES string of the molecule is CC1(O)CCN(C(=O)c2ccc(C#CCCO)cc2)C1. The summed E-state index contributed by atoms with van der Waals surface area (Å²) < 4.78 is 0. The first-order valence-electron chi connectivity index (χ1n) is 6.73. The van der Waals surface area contributed by atoms with Gasteiger partial charge in [-0.25, -0.2) is 0 Å². The normalized spacial score (nSPS) is 21.4. The van der Waals surface area contributed by atoms with Crippen molar-refractivity contribution in [1.82, 2.24) is 4.90 Å². The Kier molecular flexibility index (Phi) is 4.43. The number of benzene rings is 1. The van der Waals surface area contributed by atoms with Gasteiger partial charge in [-0.3, -0.25) is 4.79 Å². The predicted molar refractivity (Wildman–Crippen MR) is 76.2 cm³/mol. The smallest absolute Gasteiger partial charge is 0.253 e. The van der Waals surface area contributed by atoms with E-state index in [4.69, 9.17) is 5.11 Å². The largest absolute Gasteiger partial charge is 0.395 e. The monoisotopic (exact) mass is 273 g/mol. The second-order valence-electron chi connectivity index (χ2n) is 5.33. The van der Waals surface area contributed by atoms with E-state index >= 15 is 0 Å². The fourth-order valence-corrected chi connectivity index (χ4v) is 2.22. The maximum Gasteiger partial charge on any atom is 0.253 e. The Morgan fingerprint density at radius 2 is 2.10 bits per heavy atom. The van der Waals surface area contributed by atoms with Crippen LogP contribution in [0.3, 0.4) is 0 Å². The highest BCUT2D eigenvalue weighted by atomic mass is 16.3. The number of likely N-dealkylation sites (tertiary alicyclic amines) is 1. The lowest BCUT2D eigenvalue weighted by atomic mass is 10.1. The average Bonchev–Trinajstić information content (AvgIpc) is 2.79. The van der Waals surface area contributed by atoms with Crippen molar-refractivity contribution in [3.8, 4) is 11.8 Å². The van der Waals surface area contributed by atoms with Gasteiger partial charge in [-0.15, -0.1) is 0 Å². The number of aliphatic hydroxyl groups excluding tert-OH is 1. The first-order chi connectivity index (χ1) is 9.52. The Labute approximate surface area is 119 Å². The molecular formula is C16H19NO3. The summed E-state index contributed by atoms with van der Waals surface area (Å²) in [6, 6.07) is 7.09. The number of amides is 1. The van der Waals surface area contributed by atoms with Gasteiger partial charge in [-0.2, -0.15) is 0 Å². The van der Waals surface area contributed by atoms with Crippen LogP contribution in [0.4, 0.5) is 0 Å². The second kappa shape index (κ2) is 6.08. The Morgan fingerprint density at radius 1 is 1.40 bits per heavy atom. The molecule has 1 atom stereocenters. The Hall–Kier alpha value is -1.83. The zero-order valence-corrected chi connectivity index (χ0v) is 11.6. The number of rotatable bonds is 2. The first-order valence-corrected chi connectivity index (χ1v) is 6.73. The zero-order chi connectivity index (χ0) is 14.6. The van der Waals surface area contributed by atoms with Gasteiger partial charge in [0.05, 0.1) is 12.2 Å². The van der Waals surface area contributed by atoms with E-state index in [1.165, 1.54) is 0 Å². The van der Waals surface area contributed by atoms with Gasteiger partial charge in [0.1, 0.15) is 0 Å². The number of carbonyl (C=O) groups excluding carboxylic acids is 1. The number of hydrogen-bond donors (Lipinski definition) is 2. The van der Waals surface area contributed by atoms with E-state index in [1.807, 2.05) is 0 Å². The lowest BCUT2D eigenvalue weighted by Gasteiger charge is -2.19. The minimum absolute atomic E-state index is 0.0540. The predicted octanol–water partition coefficient (Wildman–Crippen LogP) is 1.02. The molecule has 4 nitrogen and oxygen atoms in total. The summed E-state index contributed by atoms with van der Waals surface area (Å²) in [7, 11) is 0. The number of β-amino-alcohol motifs (C(OH)–C–C–N with tert-alkyl or cyclic N) is 1. The van der Waals surface area contributed by atoms with Crippen LogP contribution in [-0.2, 0) is 0 Å². The molecule has 1 unspecified atom stereocenters. The van der Waals surface area contributed by atoms with Crippen molar-refractivity contribution in [3.63, 3.8) is 0 Å². The Balaban J connectivity index is 2.03. The van der Waals surface area contributed by atoms with Gasteiger partial charge in [0.15, 0.2) is 0 Å². The van der Waals surface area contributed by atoms with Crippen LogP contribution in [-0.4, -0.2) is 46.3 Å². The third kappa shape index (κ3) is 3.60. The molecule has 1 aliphatic heterocycles. The van der Waals surface area contributed by atoms with Crippen molar-refractivity contribution in [2.24, 2.45) is 0 Å². The first kappa shape index (κ1) is 14.6. The van der Waals surface area contributed by atoms with Crippen molar-refractivity contribution in [1.29, 1.82) is 0 Å². The van der Waals surface area contributed by atoms with Crippen molar-refractivity contribution >= 4 is 5.91 Å². The molecular weight excluding hydrogens is 254 g/mol. The van der Waals surface area contributed by atoms with Crippen LogP contribution in [0.25, 0.3) is 0 Å². The zero-order valence-electron chi connectivity index (χ0n) is 11.6. The highest BCUT2D eigenvalue weighted by Gasteiger charge is 2.34. The van der Waals surface area contributed by atoms with Crippen molar-refractivity contribution in [3.05, 3.63) is 35.4 Å². The summed E-state index contributed by atoms with van der Waals surface area (Å²) in [6.45, 7) is 2.77. The van der Waals surface area contributed by atoms with Gasteiger partial charge in [-0.05, 0) is 37.6 Å². The van der Waals surface area contributed by atoms with E-state index < -0.39 is 5.60 Å². The number of hydrogen-bond acceptors (Lipinski definition) is 3. The van der Waals surface area contributed by atoms with Gasteiger partial charge in [0, 0.05) is 30.6 Å². The van der Waals surface area contributed by atoms with Crippen LogP contribution < -0.4 is 0 Å². The topological polar surface area (TPSA) is 60.8 Å². The van der Waals surface area contributed by atoms with E-state index in [0.29, 0.717) is 31.5 Å². The molecule has 0 bridgehead atoms. The third-order valence-corrected chi connectivity index (χ3v) is 3.34. The fraction of sp³-hybridized carbons (Fsp3) is 0.438. The quantitative estimate of drug-likeness (QED) is 0.791. The lowest BCUT2D eigenvalue weighted by Crippen LogP contribution is -2.33. The van der Waals surface area contributed by atoms with Crippen molar-refractivity contribution in [2.75, 3.05) is 19.7 Å². The number of carbonyl (C=O) groups is 1. The molecule has 1 saturated heterocycles. The molecule has 2 N–H and O–H groups in total. The third-order valence-electron chi connectivity index (χ3n) is 3.34. The molecule has 1 fully saturated rings. The molecule has 106 valence electrons. The van der Waals surface area contributed by atoms with E-state index in [9.17, 15) is 9.90 Å².